The molecule has 6 nitrogen and oxygen atoms in total. The predicted molar refractivity (Wildman–Crippen MR) is 94.7 cm³/mol. The van der Waals surface area contributed by atoms with Gasteiger partial charge in [-0.05, 0) is 35.9 Å². The summed E-state index contributed by atoms with van der Waals surface area (Å²) < 4.78 is 15.0. The number of carbonyl (C=O) groups excluding carboxylic acids is 2. The van der Waals surface area contributed by atoms with E-state index in [0.29, 0.717) is 27.8 Å². The summed E-state index contributed by atoms with van der Waals surface area (Å²) in [6.45, 7) is 0. The second-order valence-electron chi connectivity index (χ2n) is 5.10. The summed E-state index contributed by atoms with van der Waals surface area (Å²) in [5, 5.41) is 3.02. The van der Waals surface area contributed by atoms with Gasteiger partial charge in [-0.3, -0.25) is 4.79 Å². The average Bonchev–Trinajstić information content (AvgIpc) is 2.62. The molecule has 0 saturated carbocycles. The number of hydrogen-bond acceptors (Lipinski definition) is 5. The van der Waals surface area contributed by atoms with Crippen LogP contribution >= 0.6 is 11.6 Å². The van der Waals surface area contributed by atoms with Crippen LogP contribution < -0.4 is 14.8 Å². The van der Waals surface area contributed by atoms with Crippen molar-refractivity contribution in [2.45, 2.75) is 6.42 Å². The highest BCUT2D eigenvalue weighted by atomic mass is 35.5. The quantitative estimate of drug-likeness (QED) is 0.797. The number of benzene rings is 2. The van der Waals surface area contributed by atoms with Crippen LogP contribution in [0.3, 0.4) is 0 Å². The van der Waals surface area contributed by atoms with Crippen LogP contribution in [-0.2, 0) is 16.0 Å². The van der Waals surface area contributed by atoms with Gasteiger partial charge in [-0.25, -0.2) is 4.79 Å². The summed E-state index contributed by atoms with van der Waals surface area (Å²) in [6, 6.07) is 9.75. The third-order valence-electron chi connectivity index (χ3n) is 3.47. The molecule has 0 unspecified atom stereocenters. The molecule has 25 heavy (non-hydrogen) atoms. The number of carbonyl (C=O) groups is 2. The average molecular weight is 364 g/mol. The predicted octanol–water partition coefficient (Wildman–Crippen LogP) is 3.33. The van der Waals surface area contributed by atoms with Gasteiger partial charge in [0.25, 0.3) is 0 Å². The van der Waals surface area contributed by atoms with E-state index in [9.17, 15) is 9.59 Å². The Balaban J connectivity index is 2.14. The molecule has 1 amide bonds. The maximum Gasteiger partial charge on any atom is 0.337 e. The summed E-state index contributed by atoms with van der Waals surface area (Å²) >= 11 is 6.08. The molecule has 0 spiro atoms. The fraction of sp³-hybridized carbons (Fsp3) is 0.222. The number of methoxy groups -OCH3 is 3. The van der Waals surface area contributed by atoms with Crippen LogP contribution in [0.5, 0.6) is 11.5 Å². The first kappa shape index (κ1) is 18.6. The molecule has 0 bridgehead atoms. The van der Waals surface area contributed by atoms with Gasteiger partial charge in [-0.2, -0.15) is 0 Å². The Hall–Kier alpha value is -2.73. The standard InChI is InChI=1S/C18H18ClNO5/c1-23-15-7-4-11(8-16(15)24-2)9-17(21)20-14-10-12(18(22)25-3)5-6-13(14)19/h4-8,10H,9H2,1-3H3,(H,20,21). The molecule has 0 aliphatic heterocycles. The van der Waals surface area contributed by atoms with E-state index in [2.05, 4.69) is 10.1 Å². The lowest BCUT2D eigenvalue weighted by atomic mass is 10.1. The smallest absolute Gasteiger partial charge is 0.337 e. The van der Waals surface area contributed by atoms with Crippen LogP contribution in [0.1, 0.15) is 15.9 Å². The van der Waals surface area contributed by atoms with Crippen molar-refractivity contribution in [1.29, 1.82) is 0 Å². The maximum absolute atomic E-state index is 12.3. The summed E-state index contributed by atoms with van der Waals surface area (Å²) in [7, 11) is 4.35. The zero-order valence-corrected chi connectivity index (χ0v) is 14.8. The summed E-state index contributed by atoms with van der Waals surface area (Å²) in [5.41, 5.74) is 1.39. The van der Waals surface area contributed by atoms with Crippen molar-refractivity contribution in [2.75, 3.05) is 26.6 Å². The van der Waals surface area contributed by atoms with Crippen LogP contribution in [0, 0.1) is 0 Å². The monoisotopic (exact) mass is 363 g/mol. The van der Waals surface area contributed by atoms with E-state index in [-0.39, 0.29) is 12.3 Å². The van der Waals surface area contributed by atoms with Gasteiger partial charge < -0.3 is 19.5 Å². The Labute approximate surface area is 150 Å². The van der Waals surface area contributed by atoms with Crippen molar-refractivity contribution in [2.24, 2.45) is 0 Å². The third kappa shape index (κ3) is 4.64. The third-order valence-corrected chi connectivity index (χ3v) is 3.80. The Morgan fingerprint density at radius 2 is 1.72 bits per heavy atom. The second kappa shape index (κ2) is 8.39. The van der Waals surface area contributed by atoms with Gasteiger partial charge in [-0.1, -0.05) is 17.7 Å². The first-order valence-corrected chi connectivity index (χ1v) is 7.75. The number of halogens is 1. The van der Waals surface area contributed by atoms with E-state index < -0.39 is 5.97 Å². The number of anilines is 1. The van der Waals surface area contributed by atoms with Crippen LogP contribution in [0.4, 0.5) is 5.69 Å². The minimum Gasteiger partial charge on any atom is -0.493 e. The fourth-order valence-corrected chi connectivity index (χ4v) is 2.40. The summed E-state index contributed by atoms with van der Waals surface area (Å²) in [4.78, 5) is 23.9. The van der Waals surface area contributed by atoms with Gasteiger partial charge >= 0.3 is 5.97 Å². The molecule has 2 aromatic carbocycles. The Morgan fingerprint density at radius 3 is 2.36 bits per heavy atom. The SMILES string of the molecule is COC(=O)c1ccc(Cl)c(NC(=O)Cc2ccc(OC)c(OC)c2)c1. The molecule has 1 N–H and O–H groups in total. The maximum atomic E-state index is 12.3. The van der Waals surface area contributed by atoms with Crippen molar-refractivity contribution in [1.82, 2.24) is 0 Å². The molecule has 2 aromatic rings. The zero-order chi connectivity index (χ0) is 18.4. The lowest BCUT2D eigenvalue weighted by molar-refractivity contribution is -0.115. The van der Waals surface area contributed by atoms with Gasteiger partial charge in [0.1, 0.15) is 0 Å². The van der Waals surface area contributed by atoms with E-state index in [0.717, 1.165) is 5.56 Å². The van der Waals surface area contributed by atoms with Gasteiger partial charge in [0.05, 0.1) is 44.0 Å². The molecular weight excluding hydrogens is 346 g/mol. The molecule has 0 aromatic heterocycles. The van der Waals surface area contributed by atoms with Gasteiger partial charge in [0, 0.05) is 0 Å². The molecule has 0 saturated heterocycles. The molecule has 0 heterocycles. The fourth-order valence-electron chi connectivity index (χ4n) is 2.24. The molecule has 132 valence electrons. The Kier molecular flexibility index (Phi) is 6.25. The number of hydrogen-bond donors (Lipinski definition) is 1. The normalized spacial score (nSPS) is 10.1. The van der Waals surface area contributed by atoms with E-state index in [4.69, 9.17) is 21.1 Å². The molecular formula is C18H18ClNO5. The lowest BCUT2D eigenvalue weighted by Gasteiger charge is -2.11. The van der Waals surface area contributed by atoms with E-state index in [1.807, 2.05) is 0 Å². The highest BCUT2D eigenvalue weighted by Crippen LogP contribution is 2.28. The minimum absolute atomic E-state index is 0.110. The van der Waals surface area contributed by atoms with Gasteiger partial charge in [-0.15, -0.1) is 0 Å². The van der Waals surface area contributed by atoms with Crippen LogP contribution in [0.2, 0.25) is 5.02 Å². The van der Waals surface area contributed by atoms with Crippen LogP contribution in [0.15, 0.2) is 36.4 Å². The minimum atomic E-state index is -0.507. The van der Waals surface area contributed by atoms with Gasteiger partial charge in [0.15, 0.2) is 11.5 Å². The topological polar surface area (TPSA) is 73.9 Å². The van der Waals surface area contributed by atoms with Crippen LogP contribution in [0.25, 0.3) is 0 Å². The zero-order valence-electron chi connectivity index (χ0n) is 14.1. The highest BCUT2D eigenvalue weighted by molar-refractivity contribution is 6.33. The van der Waals surface area contributed by atoms with Crippen LogP contribution in [-0.4, -0.2) is 33.2 Å². The van der Waals surface area contributed by atoms with Crippen molar-refractivity contribution in [3.63, 3.8) is 0 Å². The molecule has 0 aliphatic carbocycles. The van der Waals surface area contributed by atoms with Crippen molar-refractivity contribution < 1.29 is 23.8 Å². The number of nitrogens with one attached hydrogen (secondary N) is 1. The Bertz CT molecular complexity index is 791. The van der Waals surface area contributed by atoms with Gasteiger partial charge in [0.2, 0.25) is 5.91 Å². The van der Waals surface area contributed by atoms with Crippen molar-refractivity contribution in [3.05, 3.63) is 52.5 Å². The summed E-state index contributed by atoms with van der Waals surface area (Å²) in [6.07, 6.45) is 0.110. The Morgan fingerprint density at radius 1 is 1.00 bits per heavy atom. The number of amides is 1. The lowest BCUT2D eigenvalue weighted by Crippen LogP contribution is -2.15. The van der Waals surface area contributed by atoms with Crippen molar-refractivity contribution >= 4 is 29.2 Å². The van der Waals surface area contributed by atoms with E-state index in [1.54, 1.807) is 25.3 Å². The van der Waals surface area contributed by atoms with E-state index >= 15 is 0 Å². The number of rotatable bonds is 6. The molecule has 7 heteroatoms. The number of ether oxygens (including phenoxy) is 3. The first-order chi connectivity index (χ1) is 12.0. The molecule has 0 aliphatic rings. The first-order valence-electron chi connectivity index (χ1n) is 7.37. The molecule has 0 radical (unpaired) electrons. The molecule has 0 atom stereocenters. The van der Waals surface area contributed by atoms with Crippen molar-refractivity contribution in [3.8, 4) is 11.5 Å². The van der Waals surface area contributed by atoms with E-state index in [1.165, 1.54) is 32.4 Å². The molecule has 2 rings (SSSR count). The highest BCUT2D eigenvalue weighted by Gasteiger charge is 2.13. The second-order valence-corrected chi connectivity index (χ2v) is 5.51. The molecule has 0 fully saturated rings. The summed E-state index contributed by atoms with van der Waals surface area (Å²) in [5.74, 6) is 0.335. The largest absolute Gasteiger partial charge is 0.493 e. The number of esters is 1.